The lowest BCUT2D eigenvalue weighted by molar-refractivity contribution is 0.186. The maximum absolute atomic E-state index is 12.4. The number of hydrogen-bond acceptors (Lipinski definition) is 4. The molecular formula is C19H29N2O3P. The number of nitrogens with one attached hydrogen (secondary N) is 1. The highest BCUT2D eigenvalue weighted by molar-refractivity contribution is 7.58. The quantitative estimate of drug-likeness (QED) is 0.615. The van der Waals surface area contributed by atoms with E-state index in [0.29, 0.717) is 17.6 Å². The van der Waals surface area contributed by atoms with Crippen LogP contribution in [-0.2, 0) is 4.57 Å². The predicted molar refractivity (Wildman–Crippen MR) is 99.7 cm³/mol. The summed E-state index contributed by atoms with van der Waals surface area (Å²) in [6, 6.07) is 9.37. The minimum atomic E-state index is -3.29. The average Bonchev–Trinajstić information content (AvgIpc) is 2.59. The molecule has 1 aliphatic carbocycles. The van der Waals surface area contributed by atoms with Crippen molar-refractivity contribution in [3.8, 4) is 6.07 Å². The van der Waals surface area contributed by atoms with Crippen molar-refractivity contribution < 1.29 is 14.6 Å². The largest absolute Gasteiger partial charge is 0.391 e. The second kappa shape index (κ2) is 9.50. The molecule has 1 aromatic rings. The number of hydrogen-bond donors (Lipinski definition) is 3. The smallest absolute Gasteiger partial charge is 0.203 e. The fraction of sp³-hybridized carbons (Fsp3) is 0.632. The highest BCUT2D eigenvalue weighted by Gasteiger charge is 2.28. The minimum absolute atomic E-state index is 0.0422. The maximum Gasteiger partial charge on any atom is 0.203 e. The maximum atomic E-state index is 12.4. The number of rotatable bonds is 8. The summed E-state index contributed by atoms with van der Waals surface area (Å²) in [5.74, 6) is 0.331. The topological polar surface area (TPSA) is 93.3 Å². The van der Waals surface area contributed by atoms with Gasteiger partial charge in [0, 0.05) is 18.7 Å². The normalized spacial score (nSPS) is 20.4. The molecular weight excluding hydrogens is 335 g/mol. The van der Waals surface area contributed by atoms with Gasteiger partial charge in [-0.15, -0.1) is 0 Å². The standard InChI is InChI=1S/C19H29N2O3P/c1-15(18-9-5-8-17(10-18)11-20)21-12-19(22)14-25(23,24)13-16-6-3-2-4-7-16/h5,8-10,15-16,19,21-22H,2-4,6-7,12-14H2,1H3,(H,23,24)/t15-,19-/m0/s1. The van der Waals surface area contributed by atoms with Gasteiger partial charge in [0.2, 0.25) is 7.37 Å². The van der Waals surface area contributed by atoms with Gasteiger partial charge in [0.05, 0.1) is 23.9 Å². The van der Waals surface area contributed by atoms with E-state index in [2.05, 4.69) is 11.4 Å². The lowest BCUT2D eigenvalue weighted by atomic mass is 9.91. The zero-order valence-corrected chi connectivity index (χ0v) is 15.8. The number of aliphatic hydroxyl groups is 1. The van der Waals surface area contributed by atoms with Crippen molar-refractivity contribution in [3.63, 3.8) is 0 Å². The second-order valence-corrected chi connectivity index (χ2v) is 9.66. The molecule has 0 heterocycles. The van der Waals surface area contributed by atoms with Gasteiger partial charge < -0.3 is 15.3 Å². The minimum Gasteiger partial charge on any atom is -0.391 e. The van der Waals surface area contributed by atoms with Crippen LogP contribution in [0.25, 0.3) is 0 Å². The van der Waals surface area contributed by atoms with Crippen molar-refractivity contribution in [1.82, 2.24) is 5.32 Å². The number of nitriles is 1. The first-order valence-electron chi connectivity index (χ1n) is 9.12. The van der Waals surface area contributed by atoms with Crippen molar-refractivity contribution in [2.75, 3.05) is 18.9 Å². The number of aliphatic hydroxyl groups excluding tert-OH is 1. The highest BCUT2D eigenvalue weighted by Crippen LogP contribution is 2.45. The first-order chi connectivity index (χ1) is 11.9. The van der Waals surface area contributed by atoms with Gasteiger partial charge >= 0.3 is 0 Å². The van der Waals surface area contributed by atoms with Crippen LogP contribution in [0.1, 0.15) is 56.2 Å². The van der Waals surface area contributed by atoms with Crippen LogP contribution in [0.2, 0.25) is 0 Å². The van der Waals surface area contributed by atoms with E-state index >= 15 is 0 Å². The zero-order chi connectivity index (χ0) is 18.3. The molecule has 0 aliphatic heterocycles. The third kappa shape index (κ3) is 6.92. The molecule has 1 unspecified atom stereocenters. The summed E-state index contributed by atoms with van der Waals surface area (Å²) < 4.78 is 12.4. The predicted octanol–water partition coefficient (Wildman–Crippen LogP) is 3.42. The van der Waals surface area contributed by atoms with Gasteiger partial charge in [0.15, 0.2) is 0 Å². The van der Waals surface area contributed by atoms with E-state index in [0.717, 1.165) is 31.2 Å². The summed E-state index contributed by atoms with van der Waals surface area (Å²) in [5.41, 5.74) is 1.56. The Hall–Kier alpha value is -1.18. The van der Waals surface area contributed by atoms with Crippen LogP contribution < -0.4 is 5.32 Å². The Bertz CT molecular complexity index is 638. The molecule has 2 rings (SSSR count). The van der Waals surface area contributed by atoms with Gasteiger partial charge in [-0.2, -0.15) is 5.26 Å². The zero-order valence-electron chi connectivity index (χ0n) is 14.9. The Morgan fingerprint density at radius 3 is 2.76 bits per heavy atom. The van der Waals surface area contributed by atoms with E-state index in [-0.39, 0.29) is 18.7 Å². The van der Waals surface area contributed by atoms with Gasteiger partial charge in [-0.25, -0.2) is 0 Å². The van der Waals surface area contributed by atoms with Gasteiger partial charge in [-0.3, -0.25) is 4.57 Å². The summed E-state index contributed by atoms with van der Waals surface area (Å²) in [7, 11) is -3.29. The molecule has 0 bridgehead atoms. The Kier molecular flexibility index (Phi) is 7.65. The van der Waals surface area contributed by atoms with E-state index in [1.54, 1.807) is 6.07 Å². The fourth-order valence-electron chi connectivity index (χ4n) is 3.55. The average molecular weight is 364 g/mol. The molecule has 0 aromatic heterocycles. The van der Waals surface area contributed by atoms with E-state index in [9.17, 15) is 14.6 Å². The van der Waals surface area contributed by atoms with Crippen LogP contribution in [0.4, 0.5) is 0 Å². The third-order valence-corrected chi connectivity index (χ3v) is 7.02. The third-order valence-electron chi connectivity index (χ3n) is 4.94. The summed E-state index contributed by atoms with van der Waals surface area (Å²) in [6.07, 6.45) is 5.02. The van der Waals surface area contributed by atoms with Crippen molar-refractivity contribution in [2.45, 2.75) is 51.2 Å². The molecule has 0 spiro atoms. The van der Waals surface area contributed by atoms with Gasteiger partial charge in [0.1, 0.15) is 0 Å². The van der Waals surface area contributed by atoms with Crippen LogP contribution in [0, 0.1) is 17.2 Å². The first kappa shape index (κ1) is 20.1. The Balaban J connectivity index is 1.79. The van der Waals surface area contributed by atoms with E-state index in [4.69, 9.17) is 5.26 Å². The first-order valence-corrected chi connectivity index (χ1v) is 11.1. The SMILES string of the molecule is C[C@H](NC[C@H](O)CP(=O)(O)CC1CCCCC1)c1cccc(C#N)c1. The number of benzene rings is 1. The Labute approximate surface area is 150 Å². The van der Waals surface area contributed by atoms with Crippen molar-refractivity contribution in [1.29, 1.82) is 5.26 Å². The van der Waals surface area contributed by atoms with Crippen molar-refractivity contribution >= 4 is 7.37 Å². The Morgan fingerprint density at radius 1 is 1.36 bits per heavy atom. The molecule has 0 radical (unpaired) electrons. The molecule has 138 valence electrons. The van der Waals surface area contributed by atoms with Gasteiger partial charge in [-0.05, 0) is 43.4 Å². The number of nitrogens with zero attached hydrogens (tertiary/aromatic N) is 1. The Morgan fingerprint density at radius 2 is 2.08 bits per heavy atom. The van der Waals surface area contributed by atoms with Crippen LogP contribution in [0.3, 0.4) is 0 Å². The van der Waals surface area contributed by atoms with Gasteiger partial charge in [0.25, 0.3) is 0 Å². The summed E-state index contributed by atoms with van der Waals surface area (Å²) >= 11 is 0. The van der Waals surface area contributed by atoms with Crippen LogP contribution >= 0.6 is 7.37 Å². The molecule has 0 amide bonds. The van der Waals surface area contributed by atoms with Crippen LogP contribution in [0.5, 0.6) is 0 Å². The summed E-state index contributed by atoms with van der Waals surface area (Å²) in [5, 5.41) is 22.3. The van der Waals surface area contributed by atoms with Gasteiger partial charge in [-0.1, -0.05) is 31.4 Å². The summed E-state index contributed by atoms with van der Waals surface area (Å²) in [4.78, 5) is 10.2. The van der Waals surface area contributed by atoms with Crippen molar-refractivity contribution in [2.24, 2.45) is 5.92 Å². The molecule has 1 fully saturated rings. The second-order valence-electron chi connectivity index (χ2n) is 7.24. The fourth-order valence-corrected chi connectivity index (χ4v) is 5.66. The molecule has 25 heavy (non-hydrogen) atoms. The summed E-state index contributed by atoms with van der Waals surface area (Å²) in [6.45, 7) is 2.21. The molecule has 6 heteroatoms. The lowest BCUT2D eigenvalue weighted by Gasteiger charge is -2.25. The lowest BCUT2D eigenvalue weighted by Crippen LogP contribution is -2.32. The molecule has 1 aromatic carbocycles. The van der Waals surface area contributed by atoms with Crippen LogP contribution in [0.15, 0.2) is 24.3 Å². The van der Waals surface area contributed by atoms with E-state index < -0.39 is 13.5 Å². The molecule has 1 aliphatic rings. The molecule has 0 saturated heterocycles. The molecule has 3 atom stereocenters. The van der Waals surface area contributed by atoms with Crippen LogP contribution in [-0.4, -0.2) is 35.0 Å². The molecule has 3 N–H and O–H groups in total. The molecule has 5 nitrogen and oxygen atoms in total. The monoisotopic (exact) mass is 364 g/mol. The van der Waals surface area contributed by atoms with E-state index in [1.807, 2.05) is 25.1 Å². The van der Waals surface area contributed by atoms with Crippen molar-refractivity contribution in [3.05, 3.63) is 35.4 Å². The highest BCUT2D eigenvalue weighted by atomic mass is 31.2. The van der Waals surface area contributed by atoms with E-state index in [1.165, 1.54) is 6.42 Å². The molecule has 1 saturated carbocycles.